The molecule has 1 N–H and O–H groups in total. The monoisotopic (exact) mass is 296 g/mol. The first-order valence-corrected chi connectivity index (χ1v) is 7.27. The van der Waals surface area contributed by atoms with E-state index < -0.39 is 17.5 Å². The highest BCUT2D eigenvalue weighted by Gasteiger charge is 2.46. The van der Waals surface area contributed by atoms with Crippen LogP contribution in [0.2, 0.25) is 0 Å². The predicted octanol–water partition coefficient (Wildman–Crippen LogP) is 3.41. The highest BCUT2D eigenvalue weighted by Crippen LogP contribution is 2.39. The molecule has 2 atom stereocenters. The summed E-state index contributed by atoms with van der Waals surface area (Å²) in [4.78, 5) is 12.5. The van der Waals surface area contributed by atoms with Gasteiger partial charge in [-0.1, -0.05) is 66.7 Å². The van der Waals surface area contributed by atoms with Crippen molar-refractivity contribution < 1.29 is 14.6 Å². The molecule has 2 rings (SSSR count). The number of carbonyl (C=O) groups excluding carboxylic acids is 1. The zero-order valence-electron chi connectivity index (χ0n) is 12.6. The van der Waals surface area contributed by atoms with Crippen molar-refractivity contribution in [3.63, 3.8) is 0 Å². The lowest BCUT2D eigenvalue weighted by Crippen LogP contribution is -2.42. The fraction of sp³-hybridized carbons (Fsp3) is 0.211. The number of benzene rings is 2. The molecule has 0 spiro atoms. The molecule has 0 aromatic heterocycles. The van der Waals surface area contributed by atoms with Crippen LogP contribution in [-0.4, -0.2) is 17.7 Å². The zero-order chi connectivity index (χ0) is 16.0. The van der Waals surface area contributed by atoms with Crippen LogP contribution in [0.15, 0.2) is 73.3 Å². The third kappa shape index (κ3) is 2.95. The Morgan fingerprint density at radius 3 is 2.23 bits per heavy atom. The van der Waals surface area contributed by atoms with E-state index in [1.165, 1.54) is 0 Å². The van der Waals surface area contributed by atoms with E-state index in [9.17, 15) is 9.90 Å². The second kappa shape index (κ2) is 7.05. The average Bonchev–Trinajstić information content (AvgIpc) is 2.57. The van der Waals surface area contributed by atoms with Crippen molar-refractivity contribution >= 4 is 5.97 Å². The number of ether oxygens (including phenoxy) is 1. The normalized spacial score (nSPS) is 14.6. The molecule has 2 aromatic rings. The molecule has 0 radical (unpaired) electrons. The average molecular weight is 296 g/mol. The maximum atomic E-state index is 12.5. The predicted molar refractivity (Wildman–Crippen MR) is 86.4 cm³/mol. The molecule has 0 amide bonds. The second-order valence-corrected chi connectivity index (χ2v) is 4.98. The Balaban J connectivity index is 2.57. The quantitative estimate of drug-likeness (QED) is 0.656. The van der Waals surface area contributed by atoms with E-state index in [4.69, 9.17) is 4.74 Å². The summed E-state index contributed by atoms with van der Waals surface area (Å²) in [5, 5.41) is 11.2. The van der Waals surface area contributed by atoms with E-state index in [2.05, 4.69) is 6.58 Å². The van der Waals surface area contributed by atoms with Crippen molar-refractivity contribution in [1.29, 1.82) is 0 Å². The summed E-state index contributed by atoms with van der Waals surface area (Å²) >= 11 is 0. The van der Waals surface area contributed by atoms with Crippen molar-refractivity contribution in [1.82, 2.24) is 0 Å². The topological polar surface area (TPSA) is 46.5 Å². The third-order valence-electron chi connectivity index (χ3n) is 3.65. The van der Waals surface area contributed by atoms with Gasteiger partial charge in [-0.25, -0.2) is 4.79 Å². The van der Waals surface area contributed by atoms with Crippen LogP contribution in [0.3, 0.4) is 0 Å². The molecular formula is C19H20O3. The highest BCUT2D eigenvalue weighted by atomic mass is 16.5. The molecule has 0 aliphatic heterocycles. The Hall–Kier alpha value is -2.39. The molecular weight excluding hydrogens is 276 g/mol. The van der Waals surface area contributed by atoms with Crippen molar-refractivity contribution in [3.8, 4) is 0 Å². The molecule has 0 saturated heterocycles. The van der Waals surface area contributed by atoms with Gasteiger partial charge in [0.15, 0.2) is 5.60 Å². The van der Waals surface area contributed by atoms with Gasteiger partial charge >= 0.3 is 5.97 Å². The van der Waals surface area contributed by atoms with Crippen LogP contribution >= 0.6 is 0 Å². The van der Waals surface area contributed by atoms with E-state index in [1.54, 1.807) is 37.3 Å². The van der Waals surface area contributed by atoms with Crippen molar-refractivity contribution in [3.05, 3.63) is 84.4 Å². The molecule has 3 heteroatoms. The smallest absolute Gasteiger partial charge is 0.343 e. The van der Waals surface area contributed by atoms with E-state index in [0.29, 0.717) is 5.56 Å². The van der Waals surface area contributed by atoms with Crippen LogP contribution in [0, 0.1) is 0 Å². The molecule has 0 aliphatic rings. The van der Waals surface area contributed by atoms with Crippen molar-refractivity contribution in [2.75, 3.05) is 6.61 Å². The van der Waals surface area contributed by atoms with Gasteiger partial charge < -0.3 is 9.84 Å². The van der Waals surface area contributed by atoms with E-state index in [1.807, 2.05) is 36.4 Å². The van der Waals surface area contributed by atoms with Crippen LogP contribution in [0.1, 0.15) is 24.0 Å². The summed E-state index contributed by atoms with van der Waals surface area (Å²) in [5.74, 6) is -1.27. The van der Waals surface area contributed by atoms with Gasteiger partial charge in [0.1, 0.15) is 0 Å². The molecule has 114 valence electrons. The Bertz CT molecular complexity index is 622. The Morgan fingerprint density at radius 1 is 1.18 bits per heavy atom. The van der Waals surface area contributed by atoms with Gasteiger partial charge in [-0.05, 0) is 18.1 Å². The van der Waals surface area contributed by atoms with Gasteiger partial charge in [0, 0.05) is 5.92 Å². The highest BCUT2D eigenvalue weighted by molar-refractivity contribution is 5.83. The largest absolute Gasteiger partial charge is 0.464 e. The van der Waals surface area contributed by atoms with E-state index in [-0.39, 0.29) is 6.61 Å². The molecule has 2 aromatic carbocycles. The molecule has 0 aliphatic carbocycles. The summed E-state index contributed by atoms with van der Waals surface area (Å²) in [6.45, 7) is 5.72. The van der Waals surface area contributed by atoms with Gasteiger partial charge in [0.05, 0.1) is 6.61 Å². The molecule has 0 saturated carbocycles. The first kappa shape index (κ1) is 16.0. The molecule has 0 heterocycles. The standard InChI is InChI=1S/C19H20O3/c1-3-17(15-11-7-5-8-12-15)19(21,18(20)22-4-2)16-13-9-6-10-14-16/h3,5-14,17,21H,1,4H2,2H3/t17-,19+/m0/s1. The van der Waals surface area contributed by atoms with Crippen LogP contribution in [0.4, 0.5) is 0 Å². The van der Waals surface area contributed by atoms with Crippen molar-refractivity contribution in [2.45, 2.75) is 18.4 Å². The van der Waals surface area contributed by atoms with Gasteiger partial charge in [-0.2, -0.15) is 0 Å². The number of rotatable bonds is 6. The minimum atomic E-state index is -1.81. The lowest BCUT2D eigenvalue weighted by Gasteiger charge is -2.33. The molecule has 3 nitrogen and oxygen atoms in total. The maximum absolute atomic E-state index is 12.5. The SMILES string of the molecule is C=C[C@@H](c1ccccc1)[C@@](O)(C(=O)OCC)c1ccccc1. The number of esters is 1. The summed E-state index contributed by atoms with van der Waals surface area (Å²) in [6, 6.07) is 18.2. The summed E-state index contributed by atoms with van der Waals surface area (Å²) < 4.78 is 5.13. The number of aliphatic hydroxyl groups is 1. The molecule has 0 unspecified atom stereocenters. The number of hydrogen-bond donors (Lipinski definition) is 1. The first-order valence-electron chi connectivity index (χ1n) is 7.27. The first-order chi connectivity index (χ1) is 10.6. The maximum Gasteiger partial charge on any atom is 0.343 e. The minimum absolute atomic E-state index is 0.201. The fourth-order valence-electron chi connectivity index (χ4n) is 2.57. The number of carbonyl (C=O) groups is 1. The van der Waals surface area contributed by atoms with Crippen molar-refractivity contribution in [2.24, 2.45) is 0 Å². The summed E-state index contributed by atoms with van der Waals surface area (Å²) in [7, 11) is 0. The molecule has 0 bridgehead atoms. The minimum Gasteiger partial charge on any atom is -0.464 e. The lowest BCUT2D eigenvalue weighted by molar-refractivity contribution is -0.167. The van der Waals surface area contributed by atoms with Gasteiger partial charge in [-0.3, -0.25) is 0 Å². The summed E-state index contributed by atoms with van der Waals surface area (Å²) in [5.41, 5.74) is -0.514. The third-order valence-corrected chi connectivity index (χ3v) is 3.65. The lowest BCUT2D eigenvalue weighted by atomic mass is 9.77. The zero-order valence-corrected chi connectivity index (χ0v) is 12.6. The van der Waals surface area contributed by atoms with Gasteiger partial charge in [-0.15, -0.1) is 6.58 Å². The molecule has 0 fully saturated rings. The van der Waals surface area contributed by atoms with Crippen LogP contribution in [0.25, 0.3) is 0 Å². The Morgan fingerprint density at radius 2 is 1.73 bits per heavy atom. The Kier molecular flexibility index (Phi) is 5.12. The van der Waals surface area contributed by atoms with Crippen LogP contribution < -0.4 is 0 Å². The molecule has 22 heavy (non-hydrogen) atoms. The van der Waals surface area contributed by atoms with Crippen LogP contribution in [0.5, 0.6) is 0 Å². The van der Waals surface area contributed by atoms with E-state index in [0.717, 1.165) is 5.56 Å². The Labute approximate surface area is 130 Å². The second-order valence-electron chi connectivity index (χ2n) is 4.98. The number of hydrogen-bond acceptors (Lipinski definition) is 3. The van der Waals surface area contributed by atoms with Crippen LogP contribution in [-0.2, 0) is 15.1 Å². The van der Waals surface area contributed by atoms with Gasteiger partial charge in [0.2, 0.25) is 0 Å². The summed E-state index contributed by atoms with van der Waals surface area (Å²) in [6.07, 6.45) is 1.58. The fourth-order valence-corrected chi connectivity index (χ4v) is 2.57. The van der Waals surface area contributed by atoms with Gasteiger partial charge in [0.25, 0.3) is 0 Å². The van der Waals surface area contributed by atoms with E-state index >= 15 is 0 Å².